The number of non-ortho nitro benzene ring substituents is 1. The van der Waals surface area contributed by atoms with Crippen molar-refractivity contribution in [2.75, 3.05) is 23.0 Å². The van der Waals surface area contributed by atoms with Crippen molar-refractivity contribution < 1.29 is 22.9 Å². The van der Waals surface area contributed by atoms with Crippen molar-refractivity contribution in [2.24, 2.45) is 0 Å². The lowest BCUT2D eigenvalue weighted by Gasteiger charge is -2.28. The summed E-state index contributed by atoms with van der Waals surface area (Å²) in [5.41, 5.74) is 0.167. The molecule has 2 aromatic carbocycles. The third kappa shape index (κ3) is 4.73. The number of para-hydroxylation sites is 1. The molecule has 0 spiro atoms. The number of carbonyl (C=O) groups is 1. The molecule has 1 atom stereocenters. The standard InChI is InChI=1S/C17H19N3O6S/c1-12(19(27(3,24)25)13-7-5-4-6-8-13)17(21)18-15-11-14(20(22)23)9-10-16(15)26-2/h4-12H,1-3H3,(H,18,21)/t12-/m0/s1. The second kappa shape index (κ2) is 8.04. The lowest BCUT2D eigenvalue weighted by Crippen LogP contribution is -2.45. The van der Waals surface area contributed by atoms with E-state index in [9.17, 15) is 23.3 Å². The molecule has 27 heavy (non-hydrogen) atoms. The van der Waals surface area contributed by atoms with Gasteiger partial charge in [-0.25, -0.2) is 8.42 Å². The number of anilines is 2. The molecule has 0 bridgehead atoms. The van der Waals surface area contributed by atoms with E-state index in [1.54, 1.807) is 30.3 Å². The monoisotopic (exact) mass is 393 g/mol. The minimum absolute atomic E-state index is 0.0741. The number of hydrogen-bond donors (Lipinski definition) is 1. The van der Waals surface area contributed by atoms with E-state index in [2.05, 4.69) is 5.32 Å². The topological polar surface area (TPSA) is 119 Å². The first kappa shape index (κ1) is 20.2. The molecule has 0 aliphatic rings. The average Bonchev–Trinajstić information content (AvgIpc) is 2.61. The van der Waals surface area contributed by atoms with Crippen LogP contribution in [0.3, 0.4) is 0 Å². The van der Waals surface area contributed by atoms with Gasteiger partial charge >= 0.3 is 0 Å². The zero-order chi connectivity index (χ0) is 20.2. The number of amides is 1. The lowest BCUT2D eigenvalue weighted by molar-refractivity contribution is -0.384. The predicted molar refractivity (Wildman–Crippen MR) is 102 cm³/mol. The van der Waals surface area contributed by atoms with Gasteiger partial charge in [0.1, 0.15) is 11.8 Å². The van der Waals surface area contributed by atoms with Crippen LogP contribution in [0.5, 0.6) is 5.75 Å². The SMILES string of the molecule is COc1ccc([N+](=O)[O-])cc1NC(=O)[C@H](C)N(c1ccccc1)S(C)(=O)=O. The molecule has 0 aromatic heterocycles. The number of nitrogens with one attached hydrogen (secondary N) is 1. The fourth-order valence-electron chi connectivity index (χ4n) is 2.53. The van der Waals surface area contributed by atoms with Crippen molar-refractivity contribution in [2.45, 2.75) is 13.0 Å². The number of hydrogen-bond acceptors (Lipinski definition) is 6. The van der Waals surface area contributed by atoms with Crippen LogP contribution < -0.4 is 14.4 Å². The van der Waals surface area contributed by atoms with Gasteiger partial charge in [0.25, 0.3) is 5.69 Å². The average molecular weight is 393 g/mol. The number of nitro benzene ring substituents is 1. The molecule has 0 fully saturated rings. The van der Waals surface area contributed by atoms with Crippen LogP contribution in [-0.4, -0.2) is 38.7 Å². The Bertz CT molecular complexity index is 946. The number of nitrogens with zero attached hydrogens (tertiary/aromatic N) is 2. The van der Waals surface area contributed by atoms with E-state index in [0.29, 0.717) is 5.69 Å². The molecule has 144 valence electrons. The van der Waals surface area contributed by atoms with Crippen molar-refractivity contribution in [3.63, 3.8) is 0 Å². The summed E-state index contributed by atoms with van der Waals surface area (Å²) >= 11 is 0. The Morgan fingerprint density at radius 1 is 1.22 bits per heavy atom. The molecule has 0 saturated heterocycles. The van der Waals surface area contributed by atoms with Crippen LogP contribution >= 0.6 is 0 Å². The Hall–Kier alpha value is -3.14. The van der Waals surface area contributed by atoms with Gasteiger partial charge in [-0.05, 0) is 25.1 Å². The Balaban J connectivity index is 2.36. The number of rotatable bonds is 7. The van der Waals surface area contributed by atoms with E-state index >= 15 is 0 Å². The minimum Gasteiger partial charge on any atom is -0.495 e. The molecule has 2 rings (SSSR count). The Kier molecular flexibility index (Phi) is 6.01. The largest absolute Gasteiger partial charge is 0.495 e. The maximum atomic E-state index is 12.7. The van der Waals surface area contributed by atoms with Gasteiger partial charge in [-0.1, -0.05) is 18.2 Å². The predicted octanol–water partition coefficient (Wildman–Crippen LogP) is 2.40. The van der Waals surface area contributed by atoms with E-state index in [0.717, 1.165) is 16.6 Å². The van der Waals surface area contributed by atoms with Gasteiger partial charge in [0.05, 0.1) is 29.7 Å². The van der Waals surface area contributed by atoms with E-state index < -0.39 is 26.9 Å². The fourth-order valence-corrected chi connectivity index (χ4v) is 3.70. The van der Waals surface area contributed by atoms with Gasteiger partial charge in [0.2, 0.25) is 15.9 Å². The van der Waals surface area contributed by atoms with Crippen LogP contribution in [-0.2, 0) is 14.8 Å². The summed E-state index contributed by atoms with van der Waals surface area (Å²) in [6.07, 6.45) is 0.998. The van der Waals surface area contributed by atoms with Crippen LogP contribution in [0.1, 0.15) is 6.92 Å². The number of nitro groups is 1. The number of methoxy groups -OCH3 is 1. The van der Waals surface area contributed by atoms with Gasteiger partial charge in [0, 0.05) is 12.1 Å². The van der Waals surface area contributed by atoms with Crippen molar-refractivity contribution in [3.8, 4) is 5.75 Å². The summed E-state index contributed by atoms with van der Waals surface area (Å²) in [5.74, 6) is -0.449. The molecule has 0 unspecified atom stereocenters. The smallest absolute Gasteiger partial charge is 0.271 e. The molecule has 2 aromatic rings. The lowest BCUT2D eigenvalue weighted by atomic mass is 10.2. The Morgan fingerprint density at radius 2 is 1.85 bits per heavy atom. The summed E-state index contributed by atoms with van der Waals surface area (Å²) in [4.78, 5) is 23.0. The Morgan fingerprint density at radius 3 is 2.37 bits per heavy atom. The van der Waals surface area contributed by atoms with Crippen molar-refractivity contribution in [3.05, 3.63) is 58.6 Å². The molecule has 0 heterocycles. The van der Waals surface area contributed by atoms with Gasteiger partial charge < -0.3 is 10.1 Å². The van der Waals surface area contributed by atoms with Gasteiger partial charge in [-0.15, -0.1) is 0 Å². The number of ether oxygens (including phenoxy) is 1. The maximum absolute atomic E-state index is 12.7. The third-order valence-electron chi connectivity index (χ3n) is 3.75. The number of carbonyl (C=O) groups excluding carboxylic acids is 1. The van der Waals surface area contributed by atoms with Crippen LogP contribution in [0.2, 0.25) is 0 Å². The first-order valence-corrected chi connectivity index (χ1v) is 9.67. The molecule has 1 N–H and O–H groups in total. The minimum atomic E-state index is -3.76. The van der Waals surface area contributed by atoms with Crippen LogP contribution in [0, 0.1) is 10.1 Å². The van der Waals surface area contributed by atoms with Gasteiger partial charge in [0.15, 0.2) is 0 Å². The second-order valence-electron chi connectivity index (χ2n) is 5.70. The van der Waals surface area contributed by atoms with Gasteiger partial charge in [-0.2, -0.15) is 0 Å². The first-order chi connectivity index (χ1) is 12.6. The quantitative estimate of drug-likeness (QED) is 0.570. The molecule has 10 heteroatoms. The van der Waals surface area contributed by atoms with Crippen molar-refractivity contribution >= 4 is 33.0 Å². The highest BCUT2D eigenvalue weighted by Gasteiger charge is 2.29. The van der Waals surface area contributed by atoms with Crippen molar-refractivity contribution in [1.29, 1.82) is 0 Å². The summed E-state index contributed by atoms with van der Waals surface area (Å²) in [7, 11) is -2.40. The second-order valence-corrected chi connectivity index (χ2v) is 7.56. The van der Waals surface area contributed by atoms with E-state index in [1.165, 1.54) is 26.2 Å². The molecule has 9 nitrogen and oxygen atoms in total. The van der Waals surface area contributed by atoms with E-state index in [-0.39, 0.29) is 17.1 Å². The van der Waals surface area contributed by atoms with Crippen LogP contribution in [0.25, 0.3) is 0 Å². The number of benzene rings is 2. The summed E-state index contributed by atoms with van der Waals surface area (Å²) in [5, 5.41) is 13.5. The molecule has 1 amide bonds. The zero-order valence-electron chi connectivity index (χ0n) is 14.9. The maximum Gasteiger partial charge on any atom is 0.271 e. The molecule has 0 saturated carbocycles. The Labute approximate surface area is 156 Å². The van der Waals surface area contributed by atoms with E-state index in [1.807, 2.05) is 0 Å². The summed E-state index contributed by atoms with van der Waals surface area (Å²) in [6.45, 7) is 1.42. The molecule has 0 aliphatic carbocycles. The molecule has 0 radical (unpaired) electrons. The highest BCUT2D eigenvalue weighted by atomic mass is 32.2. The van der Waals surface area contributed by atoms with Crippen LogP contribution in [0.4, 0.5) is 17.1 Å². The summed E-state index contributed by atoms with van der Waals surface area (Å²) < 4.78 is 30.5. The summed E-state index contributed by atoms with van der Waals surface area (Å²) in [6, 6.07) is 10.8. The van der Waals surface area contributed by atoms with Crippen molar-refractivity contribution in [1.82, 2.24) is 0 Å². The normalized spacial score (nSPS) is 12.1. The fraction of sp³-hybridized carbons (Fsp3) is 0.235. The molecular weight excluding hydrogens is 374 g/mol. The zero-order valence-corrected chi connectivity index (χ0v) is 15.8. The van der Waals surface area contributed by atoms with Crippen LogP contribution in [0.15, 0.2) is 48.5 Å². The highest BCUT2D eigenvalue weighted by Crippen LogP contribution is 2.29. The molecular formula is C17H19N3O6S. The third-order valence-corrected chi connectivity index (χ3v) is 4.99. The van der Waals surface area contributed by atoms with Gasteiger partial charge in [-0.3, -0.25) is 19.2 Å². The number of sulfonamides is 1. The van der Waals surface area contributed by atoms with E-state index in [4.69, 9.17) is 4.74 Å². The first-order valence-electron chi connectivity index (χ1n) is 7.83. The molecule has 0 aliphatic heterocycles. The highest BCUT2D eigenvalue weighted by molar-refractivity contribution is 7.92.